The minimum atomic E-state index is 0.210. The van der Waals surface area contributed by atoms with E-state index >= 15 is 0 Å². The fourth-order valence-electron chi connectivity index (χ4n) is 2.17. The number of alkyl halides is 1. The molecule has 1 aliphatic carbocycles. The van der Waals surface area contributed by atoms with Crippen LogP contribution in [0.3, 0.4) is 0 Å². The number of hydrogen-bond acceptors (Lipinski definition) is 1. The maximum absolute atomic E-state index is 6.17. The highest BCUT2D eigenvalue weighted by atomic mass is 35.5. The van der Waals surface area contributed by atoms with Gasteiger partial charge in [-0.2, -0.15) is 0 Å². The van der Waals surface area contributed by atoms with Crippen LogP contribution in [-0.2, 0) is 4.74 Å². The first-order chi connectivity index (χ1) is 6.77. The number of ether oxygens (including phenoxy) is 1. The molecule has 0 spiro atoms. The van der Waals surface area contributed by atoms with E-state index in [1.54, 1.807) is 0 Å². The number of rotatable bonds is 3. The summed E-state index contributed by atoms with van der Waals surface area (Å²) < 4.78 is 5.46. The Morgan fingerprint density at radius 1 is 1.43 bits per heavy atom. The van der Waals surface area contributed by atoms with Crippen LogP contribution in [0.15, 0.2) is 24.3 Å². The van der Waals surface area contributed by atoms with Gasteiger partial charge in [0, 0.05) is 12.0 Å². The molecule has 1 nitrogen and oxygen atoms in total. The molecule has 78 valence electrons. The van der Waals surface area contributed by atoms with Crippen LogP contribution in [0.4, 0.5) is 0 Å². The van der Waals surface area contributed by atoms with Gasteiger partial charge < -0.3 is 4.74 Å². The molecule has 1 fully saturated rings. The molecular formula is C12H17ClO. The average molecular weight is 213 g/mol. The lowest BCUT2D eigenvalue weighted by molar-refractivity contribution is -0.0621. The van der Waals surface area contributed by atoms with Gasteiger partial charge >= 0.3 is 0 Å². The van der Waals surface area contributed by atoms with E-state index < -0.39 is 0 Å². The minimum Gasteiger partial charge on any atom is -0.378 e. The highest BCUT2D eigenvalue weighted by Crippen LogP contribution is 2.32. The van der Waals surface area contributed by atoms with Crippen molar-refractivity contribution in [3.8, 4) is 0 Å². The van der Waals surface area contributed by atoms with Crippen molar-refractivity contribution in [2.24, 2.45) is 11.8 Å². The predicted molar refractivity (Wildman–Crippen MR) is 59.5 cm³/mol. The Labute approximate surface area is 90.8 Å². The van der Waals surface area contributed by atoms with Gasteiger partial charge in [0.2, 0.25) is 0 Å². The molecule has 1 saturated heterocycles. The highest BCUT2D eigenvalue weighted by molar-refractivity contribution is 6.20. The Bertz CT molecular complexity index is 241. The number of halogens is 1. The first kappa shape index (κ1) is 10.3. The Hall–Kier alpha value is -0.270. The standard InChI is InChI=1S/C12H17ClO/c1-9(13)12-5-3-2-4-10(12)8-11-6-7-14-11/h2-5,9-12H,6-8H2,1H3/t9-,10?,11+,12?/m0/s1. The van der Waals surface area contributed by atoms with E-state index in [1.807, 2.05) is 0 Å². The lowest BCUT2D eigenvalue weighted by Crippen LogP contribution is -2.32. The Morgan fingerprint density at radius 3 is 2.71 bits per heavy atom. The van der Waals surface area contributed by atoms with Gasteiger partial charge in [0.25, 0.3) is 0 Å². The number of hydrogen-bond donors (Lipinski definition) is 0. The molecule has 1 heterocycles. The Morgan fingerprint density at radius 2 is 2.14 bits per heavy atom. The van der Waals surface area contributed by atoms with Crippen molar-refractivity contribution in [2.75, 3.05) is 6.61 Å². The van der Waals surface area contributed by atoms with E-state index in [4.69, 9.17) is 16.3 Å². The van der Waals surface area contributed by atoms with E-state index in [0.29, 0.717) is 17.9 Å². The molecule has 0 aromatic heterocycles. The van der Waals surface area contributed by atoms with Gasteiger partial charge in [-0.1, -0.05) is 24.3 Å². The molecule has 0 aromatic carbocycles. The van der Waals surface area contributed by atoms with Crippen LogP contribution in [0.1, 0.15) is 19.8 Å². The molecule has 14 heavy (non-hydrogen) atoms. The fraction of sp³-hybridized carbons (Fsp3) is 0.667. The molecule has 0 radical (unpaired) electrons. The summed E-state index contributed by atoms with van der Waals surface area (Å²) in [5.41, 5.74) is 0. The quantitative estimate of drug-likeness (QED) is 0.654. The highest BCUT2D eigenvalue weighted by Gasteiger charge is 2.28. The summed E-state index contributed by atoms with van der Waals surface area (Å²) >= 11 is 6.17. The summed E-state index contributed by atoms with van der Waals surface area (Å²) in [5, 5.41) is 0.210. The first-order valence-electron chi connectivity index (χ1n) is 5.38. The molecule has 0 bridgehead atoms. The predicted octanol–water partition coefficient (Wildman–Crippen LogP) is 3.15. The van der Waals surface area contributed by atoms with Crippen LogP contribution >= 0.6 is 11.6 Å². The smallest absolute Gasteiger partial charge is 0.0602 e. The van der Waals surface area contributed by atoms with Crippen molar-refractivity contribution in [3.63, 3.8) is 0 Å². The Kier molecular flexibility index (Phi) is 3.30. The van der Waals surface area contributed by atoms with E-state index in [-0.39, 0.29) is 5.38 Å². The van der Waals surface area contributed by atoms with E-state index in [2.05, 4.69) is 31.2 Å². The van der Waals surface area contributed by atoms with Gasteiger partial charge in [0.05, 0.1) is 6.10 Å². The molecule has 1 aliphatic heterocycles. The van der Waals surface area contributed by atoms with Gasteiger partial charge in [-0.15, -0.1) is 11.6 Å². The lowest BCUT2D eigenvalue weighted by atomic mass is 9.81. The molecule has 2 heteroatoms. The Balaban J connectivity index is 1.93. The summed E-state index contributed by atoms with van der Waals surface area (Å²) in [6.45, 7) is 3.02. The molecule has 2 aliphatic rings. The van der Waals surface area contributed by atoms with Crippen LogP contribution in [0.2, 0.25) is 0 Å². The van der Waals surface area contributed by atoms with Crippen LogP contribution in [0, 0.1) is 11.8 Å². The molecule has 0 saturated carbocycles. The topological polar surface area (TPSA) is 9.23 Å². The van der Waals surface area contributed by atoms with Gasteiger partial charge in [0.1, 0.15) is 0 Å². The van der Waals surface area contributed by atoms with E-state index in [1.165, 1.54) is 6.42 Å². The lowest BCUT2D eigenvalue weighted by Gasteiger charge is -2.33. The third-order valence-corrected chi connectivity index (χ3v) is 3.45. The molecule has 2 rings (SSSR count). The van der Waals surface area contributed by atoms with Crippen LogP contribution in [0.25, 0.3) is 0 Å². The molecule has 0 amide bonds. The van der Waals surface area contributed by atoms with Gasteiger partial charge in [-0.25, -0.2) is 0 Å². The van der Waals surface area contributed by atoms with Crippen molar-refractivity contribution in [1.82, 2.24) is 0 Å². The third-order valence-electron chi connectivity index (χ3n) is 3.16. The molecule has 2 unspecified atom stereocenters. The molecule has 0 N–H and O–H groups in total. The van der Waals surface area contributed by atoms with Crippen molar-refractivity contribution in [3.05, 3.63) is 24.3 Å². The first-order valence-corrected chi connectivity index (χ1v) is 5.81. The van der Waals surface area contributed by atoms with Crippen molar-refractivity contribution >= 4 is 11.6 Å². The monoisotopic (exact) mass is 212 g/mol. The minimum absolute atomic E-state index is 0.210. The summed E-state index contributed by atoms with van der Waals surface area (Å²) in [4.78, 5) is 0. The zero-order valence-electron chi connectivity index (χ0n) is 8.53. The SMILES string of the molecule is C[C@H](Cl)C1C=CC=CC1C[C@H]1CCO1. The van der Waals surface area contributed by atoms with Gasteiger partial charge in [0.15, 0.2) is 0 Å². The van der Waals surface area contributed by atoms with Gasteiger partial charge in [-0.3, -0.25) is 0 Å². The molecule has 0 aromatic rings. The summed E-state index contributed by atoms with van der Waals surface area (Å²) in [5.74, 6) is 1.05. The zero-order chi connectivity index (χ0) is 9.97. The second-order valence-corrected chi connectivity index (χ2v) is 4.89. The van der Waals surface area contributed by atoms with Crippen LogP contribution in [-0.4, -0.2) is 18.1 Å². The third kappa shape index (κ3) is 2.21. The average Bonchev–Trinajstić information content (AvgIpc) is 2.12. The van der Waals surface area contributed by atoms with E-state index in [9.17, 15) is 0 Å². The molecular weight excluding hydrogens is 196 g/mol. The van der Waals surface area contributed by atoms with Crippen molar-refractivity contribution in [2.45, 2.75) is 31.2 Å². The second kappa shape index (κ2) is 4.50. The van der Waals surface area contributed by atoms with Gasteiger partial charge in [-0.05, 0) is 31.6 Å². The van der Waals surface area contributed by atoms with E-state index in [0.717, 1.165) is 13.0 Å². The zero-order valence-corrected chi connectivity index (χ0v) is 9.28. The van der Waals surface area contributed by atoms with Crippen LogP contribution < -0.4 is 0 Å². The van der Waals surface area contributed by atoms with Crippen molar-refractivity contribution in [1.29, 1.82) is 0 Å². The summed E-state index contributed by atoms with van der Waals surface area (Å²) in [7, 11) is 0. The summed E-state index contributed by atoms with van der Waals surface area (Å²) in [6, 6.07) is 0. The largest absolute Gasteiger partial charge is 0.378 e. The molecule has 4 atom stereocenters. The van der Waals surface area contributed by atoms with Crippen LogP contribution in [0.5, 0.6) is 0 Å². The maximum atomic E-state index is 6.17. The number of allylic oxidation sites excluding steroid dienone is 4. The normalized spacial score (nSPS) is 38.0. The van der Waals surface area contributed by atoms with Crippen molar-refractivity contribution < 1.29 is 4.74 Å². The second-order valence-electron chi connectivity index (χ2n) is 4.21. The maximum Gasteiger partial charge on any atom is 0.0602 e. The fourth-order valence-corrected chi connectivity index (χ4v) is 2.44. The summed E-state index contributed by atoms with van der Waals surface area (Å²) in [6.07, 6.45) is 11.5.